The monoisotopic (exact) mass is 530 g/mol. The van der Waals surface area contributed by atoms with Gasteiger partial charge >= 0.3 is 0 Å². The van der Waals surface area contributed by atoms with Crippen LogP contribution in [0.15, 0.2) is 70.2 Å². The predicted octanol–water partition coefficient (Wildman–Crippen LogP) is 5.62. The van der Waals surface area contributed by atoms with E-state index in [1.165, 1.54) is 5.56 Å². The van der Waals surface area contributed by atoms with Crippen molar-refractivity contribution in [1.29, 1.82) is 0 Å². The molecule has 1 N–H and O–H groups in total. The highest BCUT2D eigenvalue weighted by molar-refractivity contribution is 9.10. The van der Waals surface area contributed by atoms with E-state index in [-0.39, 0.29) is 0 Å². The van der Waals surface area contributed by atoms with Crippen LogP contribution in [-0.4, -0.2) is 33.1 Å². The molecule has 0 aliphatic rings. The number of hydrazone groups is 1. The Kier molecular flexibility index (Phi) is 6.33. The predicted molar refractivity (Wildman–Crippen MR) is 141 cm³/mol. The maximum Gasteiger partial charge on any atom is 0.265 e. The third-order valence-corrected chi connectivity index (χ3v) is 6.14. The molecule has 3 aromatic carbocycles. The lowest BCUT2D eigenvalue weighted by Gasteiger charge is -2.11. The third kappa shape index (κ3) is 4.81. The van der Waals surface area contributed by atoms with Gasteiger partial charge in [-0.3, -0.25) is 0 Å². The zero-order valence-corrected chi connectivity index (χ0v) is 21.1. The largest absolute Gasteiger partial charge is 0.493 e. The Labute approximate surface area is 210 Å². The first-order valence-corrected chi connectivity index (χ1v) is 11.7. The van der Waals surface area contributed by atoms with Crippen LogP contribution in [0.25, 0.3) is 22.1 Å². The molecule has 0 saturated heterocycles. The number of nitrogens with one attached hydrogen (secondary N) is 1. The van der Waals surface area contributed by atoms with E-state index in [9.17, 15) is 0 Å². The molecule has 2 aromatic heterocycles. The number of benzene rings is 3. The van der Waals surface area contributed by atoms with Crippen LogP contribution in [-0.2, 0) is 13.7 Å². The molecule has 0 fully saturated rings. The van der Waals surface area contributed by atoms with Crippen LogP contribution >= 0.6 is 15.9 Å². The van der Waals surface area contributed by atoms with Gasteiger partial charge in [0.2, 0.25) is 0 Å². The van der Waals surface area contributed by atoms with E-state index in [0.717, 1.165) is 37.7 Å². The third-order valence-electron chi connectivity index (χ3n) is 5.64. The van der Waals surface area contributed by atoms with Crippen LogP contribution < -0.4 is 14.9 Å². The number of fused-ring (bicyclic) bond motifs is 3. The van der Waals surface area contributed by atoms with E-state index in [1.807, 2.05) is 48.0 Å². The Bertz CT molecular complexity index is 1550. The van der Waals surface area contributed by atoms with Gasteiger partial charge in [0.1, 0.15) is 12.1 Å². The SMILES string of the molecule is COc1cc(/C=N/Nc2nnc3c4cc(Br)ccc4n(C)c3n2)ccc1OCc1ccc(C)cc1. The number of methoxy groups -OCH3 is 1. The summed E-state index contributed by atoms with van der Waals surface area (Å²) < 4.78 is 14.4. The van der Waals surface area contributed by atoms with Crippen molar-refractivity contribution < 1.29 is 9.47 Å². The molecule has 0 unspecified atom stereocenters. The highest BCUT2D eigenvalue weighted by Crippen LogP contribution is 2.29. The fourth-order valence-electron chi connectivity index (χ4n) is 3.77. The summed E-state index contributed by atoms with van der Waals surface area (Å²) in [5, 5.41) is 13.8. The van der Waals surface area contributed by atoms with Crippen molar-refractivity contribution in [3.8, 4) is 11.5 Å². The first-order valence-electron chi connectivity index (χ1n) is 11.0. The van der Waals surface area contributed by atoms with E-state index in [1.54, 1.807) is 13.3 Å². The van der Waals surface area contributed by atoms with Crippen LogP contribution in [0.1, 0.15) is 16.7 Å². The molecule has 0 amide bonds. The van der Waals surface area contributed by atoms with Crippen LogP contribution in [0.2, 0.25) is 0 Å². The molecule has 5 rings (SSSR count). The van der Waals surface area contributed by atoms with Crippen molar-refractivity contribution in [2.24, 2.45) is 12.1 Å². The van der Waals surface area contributed by atoms with Crippen molar-refractivity contribution >= 4 is 50.2 Å². The number of aryl methyl sites for hydroxylation is 2. The second-order valence-electron chi connectivity index (χ2n) is 8.08. The highest BCUT2D eigenvalue weighted by Gasteiger charge is 2.13. The molecule has 35 heavy (non-hydrogen) atoms. The lowest BCUT2D eigenvalue weighted by atomic mass is 10.2. The average molecular weight is 531 g/mol. The topological polar surface area (TPSA) is 86.5 Å². The van der Waals surface area contributed by atoms with Crippen LogP contribution in [0.4, 0.5) is 5.95 Å². The minimum atomic E-state index is 0.309. The molecule has 0 radical (unpaired) electrons. The second kappa shape index (κ2) is 9.71. The Morgan fingerprint density at radius 2 is 1.86 bits per heavy atom. The summed E-state index contributed by atoms with van der Waals surface area (Å²) in [7, 11) is 3.57. The van der Waals surface area contributed by atoms with E-state index in [0.29, 0.717) is 24.1 Å². The first-order chi connectivity index (χ1) is 17.0. The number of hydrogen-bond acceptors (Lipinski definition) is 7. The highest BCUT2D eigenvalue weighted by atomic mass is 79.9. The van der Waals surface area contributed by atoms with Gasteiger partial charge < -0.3 is 14.0 Å². The van der Waals surface area contributed by atoms with E-state index >= 15 is 0 Å². The van der Waals surface area contributed by atoms with Crippen LogP contribution in [0, 0.1) is 6.92 Å². The van der Waals surface area contributed by atoms with Crippen molar-refractivity contribution in [3.63, 3.8) is 0 Å². The van der Waals surface area contributed by atoms with Crippen molar-refractivity contribution in [2.45, 2.75) is 13.5 Å². The second-order valence-corrected chi connectivity index (χ2v) is 9.00. The number of nitrogens with zero attached hydrogens (tertiary/aromatic N) is 5. The summed E-state index contributed by atoms with van der Waals surface area (Å²) in [5.41, 5.74) is 8.50. The van der Waals surface area contributed by atoms with Crippen LogP contribution in [0.3, 0.4) is 0 Å². The van der Waals surface area contributed by atoms with Crippen molar-refractivity contribution in [3.05, 3.63) is 81.8 Å². The summed E-state index contributed by atoms with van der Waals surface area (Å²) >= 11 is 3.51. The smallest absolute Gasteiger partial charge is 0.265 e. The molecule has 8 nitrogen and oxygen atoms in total. The quantitative estimate of drug-likeness (QED) is 0.217. The van der Waals surface area contributed by atoms with Gasteiger partial charge in [-0.2, -0.15) is 10.1 Å². The molecule has 0 aliphatic carbocycles. The van der Waals surface area contributed by atoms with Gasteiger partial charge in [-0.15, -0.1) is 10.2 Å². The molecular formula is C26H23BrN6O2. The van der Waals surface area contributed by atoms with E-state index in [4.69, 9.17) is 9.47 Å². The molecule has 0 aliphatic heterocycles. The summed E-state index contributed by atoms with van der Waals surface area (Å²) in [6.45, 7) is 2.52. The fourth-order valence-corrected chi connectivity index (χ4v) is 4.13. The van der Waals surface area contributed by atoms with Gasteiger partial charge in [0, 0.05) is 16.9 Å². The summed E-state index contributed by atoms with van der Waals surface area (Å²) in [5.74, 6) is 1.60. The number of hydrogen-bond donors (Lipinski definition) is 1. The molecule has 0 atom stereocenters. The number of aromatic nitrogens is 4. The Morgan fingerprint density at radius 1 is 1.03 bits per heavy atom. The summed E-state index contributed by atoms with van der Waals surface area (Å²) in [4.78, 5) is 4.58. The Morgan fingerprint density at radius 3 is 2.66 bits per heavy atom. The first kappa shape index (κ1) is 22.8. The minimum Gasteiger partial charge on any atom is -0.493 e. The summed E-state index contributed by atoms with van der Waals surface area (Å²) in [6, 6.07) is 19.9. The van der Waals surface area contributed by atoms with Crippen molar-refractivity contribution in [1.82, 2.24) is 19.7 Å². The lowest BCUT2D eigenvalue weighted by molar-refractivity contribution is 0.284. The molecule has 0 saturated carbocycles. The minimum absolute atomic E-state index is 0.309. The number of halogens is 1. The average Bonchev–Trinajstić information content (AvgIpc) is 3.14. The molecule has 2 heterocycles. The van der Waals surface area contributed by atoms with Crippen LogP contribution in [0.5, 0.6) is 11.5 Å². The maximum absolute atomic E-state index is 5.95. The Balaban J connectivity index is 1.30. The number of ether oxygens (including phenoxy) is 2. The molecular weight excluding hydrogens is 508 g/mol. The number of anilines is 1. The zero-order valence-electron chi connectivity index (χ0n) is 19.5. The fraction of sp³-hybridized carbons (Fsp3) is 0.154. The van der Waals surface area contributed by atoms with Gasteiger partial charge in [0.25, 0.3) is 5.95 Å². The van der Waals surface area contributed by atoms with Gasteiger partial charge in [-0.25, -0.2) is 5.43 Å². The van der Waals surface area contributed by atoms with E-state index < -0.39 is 0 Å². The zero-order chi connectivity index (χ0) is 24.4. The maximum atomic E-state index is 5.95. The number of rotatable bonds is 7. The van der Waals surface area contributed by atoms with Crippen molar-refractivity contribution in [2.75, 3.05) is 12.5 Å². The van der Waals surface area contributed by atoms with E-state index in [2.05, 4.69) is 72.8 Å². The Hall–Kier alpha value is -3.98. The summed E-state index contributed by atoms with van der Waals surface area (Å²) in [6.07, 6.45) is 1.67. The molecule has 176 valence electrons. The van der Waals surface area contributed by atoms with Gasteiger partial charge in [-0.05, 0) is 54.4 Å². The molecule has 9 heteroatoms. The molecule has 0 bridgehead atoms. The lowest BCUT2D eigenvalue weighted by Crippen LogP contribution is -2.01. The van der Waals surface area contributed by atoms with Gasteiger partial charge in [0.15, 0.2) is 17.1 Å². The standard InChI is InChI=1S/C26H23BrN6O2/c1-16-4-6-17(7-5-16)15-35-22-11-8-18(12-23(22)34-3)14-28-31-26-29-25-24(30-32-26)20-13-19(27)9-10-21(20)33(25)2/h4-14H,15H2,1-3H3,(H,29,31,32)/b28-14+. The van der Waals surface area contributed by atoms with Gasteiger partial charge in [-0.1, -0.05) is 45.8 Å². The molecule has 0 spiro atoms. The normalized spacial score (nSPS) is 11.4. The van der Waals surface area contributed by atoms with Gasteiger partial charge in [0.05, 0.1) is 18.8 Å². The molecule has 5 aromatic rings.